The summed E-state index contributed by atoms with van der Waals surface area (Å²) >= 11 is 0. The van der Waals surface area contributed by atoms with Gasteiger partial charge in [-0.3, -0.25) is 0 Å². The molecule has 0 bridgehead atoms. The van der Waals surface area contributed by atoms with Gasteiger partial charge in [0.25, 0.3) is 0 Å². The molecule has 2 aliphatic rings. The minimum absolute atomic E-state index is 0.140. The molecule has 1 saturated heterocycles. The van der Waals surface area contributed by atoms with E-state index in [0.29, 0.717) is 5.92 Å². The molecule has 0 radical (unpaired) electrons. The number of hydrogen-bond acceptors (Lipinski definition) is 4. The van der Waals surface area contributed by atoms with Gasteiger partial charge in [-0.15, -0.1) is 0 Å². The molecule has 1 aliphatic heterocycles. The number of aliphatic hydroxyl groups is 1. The first-order valence-electron chi connectivity index (χ1n) is 7.80. The van der Waals surface area contributed by atoms with E-state index in [1.54, 1.807) is 0 Å². The van der Waals surface area contributed by atoms with E-state index >= 15 is 0 Å². The summed E-state index contributed by atoms with van der Waals surface area (Å²) in [6.07, 6.45) is 6.86. The molecule has 112 valence electrons. The molecular formula is C15H30N2O2. The monoisotopic (exact) mass is 270 g/mol. The van der Waals surface area contributed by atoms with E-state index in [0.717, 1.165) is 38.5 Å². The lowest BCUT2D eigenvalue weighted by Crippen LogP contribution is -2.47. The molecule has 3 N–H and O–H groups in total. The van der Waals surface area contributed by atoms with Crippen molar-refractivity contribution in [1.29, 1.82) is 0 Å². The van der Waals surface area contributed by atoms with E-state index in [4.69, 9.17) is 10.5 Å². The maximum absolute atomic E-state index is 9.47. The van der Waals surface area contributed by atoms with Crippen LogP contribution in [-0.4, -0.2) is 55.5 Å². The van der Waals surface area contributed by atoms with Crippen LogP contribution >= 0.6 is 0 Å². The zero-order valence-corrected chi connectivity index (χ0v) is 12.3. The number of hydrogen-bond donors (Lipinski definition) is 2. The van der Waals surface area contributed by atoms with Gasteiger partial charge < -0.3 is 20.5 Å². The maximum atomic E-state index is 9.47. The molecule has 0 aromatic heterocycles. The SMILES string of the molecule is CN(CCC1CCCC1(N)CO)CC1CCOCC1. The second kappa shape index (κ2) is 7.02. The summed E-state index contributed by atoms with van der Waals surface area (Å²) in [6, 6.07) is 0. The van der Waals surface area contributed by atoms with Crippen molar-refractivity contribution >= 4 is 0 Å². The van der Waals surface area contributed by atoms with Crippen LogP contribution in [0.1, 0.15) is 38.5 Å². The van der Waals surface area contributed by atoms with Gasteiger partial charge in [-0.1, -0.05) is 6.42 Å². The molecule has 4 nitrogen and oxygen atoms in total. The van der Waals surface area contributed by atoms with Crippen molar-refractivity contribution in [3.63, 3.8) is 0 Å². The highest BCUT2D eigenvalue weighted by Crippen LogP contribution is 2.35. The van der Waals surface area contributed by atoms with Crippen molar-refractivity contribution in [2.45, 2.75) is 44.1 Å². The number of rotatable bonds is 6. The zero-order chi connectivity index (χ0) is 13.7. The Kier molecular flexibility index (Phi) is 5.63. The van der Waals surface area contributed by atoms with E-state index < -0.39 is 0 Å². The third-order valence-corrected chi connectivity index (χ3v) is 5.07. The third-order valence-electron chi connectivity index (χ3n) is 5.07. The predicted octanol–water partition coefficient (Wildman–Crippen LogP) is 1.22. The summed E-state index contributed by atoms with van der Waals surface area (Å²) in [4.78, 5) is 2.44. The highest BCUT2D eigenvalue weighted by Gasteiger charge is 2.38. The van der Waals surface area contributed by atoms with E-state index in [-0.39, 0.29) is 12.1 Å². The van der Waals surface area contributed by atoms with Crippen molar-refractivity contribution in [2.24, 2.45) is 17.6 Å². The molecule has 1 aliphatic carbocycles. The van der Waals surface area contributed by atoms with Crippen LogP contribution in [0.3, 0.4) is 0 Å². The van der Waals surface area contributed by atoms with Crippen LogP contribution in [-0.2, 0) is 4.74 Å². The smallest absolute Gasteiger partial charge is 0.0613 e. The fourth-order valence-electron chi connectivity index (χ4n) is 3.65. The van der Waals surface area contributed by atoms with Crippen LogP contribution in [0, 0.1) is 11.8 Å². The van der Waals surface area contributed by atoms with E-state index in [9.17, 15) is 5.11 Å². The minimum Gasteiger partial charge on any atom is -0.394 e. The number of nitrogens with two attached hydrogens (primary N) is 1. The van der Waals surface area contributed by atoms with Crippen molar-refractivity contribution < 1.29 is 9.84 Å². The molecule has 19 heavy (non-hydrogen) atoms. The molecule has 0 aromatic rings. The van der Waals surface area contributed by atoms with Crippen LogP contribution in [0.5, 0.6) is 0 Å². The standard InChI is InChI=1S/C15H30N2O2/c1-17(11-13-5-9-19-10-6-13)8-4-14-3-2-7-15(14,16)12-18/h13-14,18H,2-12,16H2,1H3. The lowest BCUT2D eigenvalue weighted by atomic mass is 9.86. The summed E-state index contributed by atoms with van der Waals surface area (Å²) in [5.41, 5.74) is 5.98. The van der Waals surface area contributed by atoms with Crippen LogP contribution in [0.15, 0.2) is 0 Å². The molecule has 2 rings (SSSR count). The second-order valence-electron chi connectivity index (χ2n) is 6.59. The molecule has 0 aromatic carbocycles. The van der Waals surface area contributed by atoms with E-state index in [1.165, 1.54) is 32.2 Å². The average molecular weight is 270 g/mol. The third kappa shape index (κ3) is 4.15. The topological polar surface area (TPSA) is 58.7 Å². The fraction of sp³-hybridized carbons (Fsp3) is 1.00. The van der Waals surface area contributed by atoms with Crippen molar-refractivity contribution in [2.75, 3.05) is 40.0 Å². The lowest BCUT2D eigenvalue weighted by Gasteiger charge is -2.32. The number of nitrogens with zero attached hydrogens (tertiary/aromatic N) is 1. The lowest BCUT2D eigenvalue weighted by molar-refractivity contribution is 0.0543. The van der Waals surface area contributed by atoms with Crippen LogP contribution in [0.2, 0.25) is 0 Å². The van der Waals surface area contributed by atoms with Crippen LogP contribution in [0.25, 0.3) is 0 Å². The van der Waals surface area contributed by atoms with Gasteiger partial charge in [0.2, 0.25) is 0 Å². The Morgan fingerprint density at radius 3 is 2.74 bits per heavy atom. The Morgan fingerprint density at radius 2 is 2.05 bits per heavy atom. The van der Waals surface area contributed by atoms with Gasteiger partial charge in [-0.05, 0) is 57.5 Å². The van der Waals surface area contributed by atoms with Crippen LogP contribution < -0.4 is 5.73 Å². The fourth-order valence-corrected chi connectivity index (χ4v) is 3.65. The first-order valence-corrected chi connectivity index (χ1v) is 7.80. The summed E-state index contributed by atoms with van der Waals surface area (Å²) in [7, 11) is 2.21. The normalized spacial score (nSPS) is 33.2. The van der Waals surface area contributed by atoms with Crippen molar-refractivity contribution in [3.05, 3.63) is 0 Å². The second-order valence-corrected chi connectivity index (χ2v) is 6.59. The van der Waals surface area contributed by atoms with Gasteiger partial charge >= 0.3 is 0 Å². The molecule has 2 fully saturated rings. The van der Waals surface area contributed by atoms with Gasteiger partial charge in [0, 0.05) is 25.3 Å². The maximum Gasteiger partial charge on any atom is 0.0613 e. The van der Waals surface area contributed by atoms with E-state index in [2.05, 4.69) is 11.9 Å². The van der Waals surface area contributed by atoms with Gasteiger partial charge in [-0.25, -0.2) is 0 Å². The zero-order valence-electron chi connectivity index (χ0n) is 12.3. The molecular weight excluding hydrogens is 240 g/mol. The van der Waals surface area contributed by atoms with Gasteiger partial charge in [-0.2, -0.15) is 0 Å². The van der Waals surface area contributed by atoms with Gasteiger partial charge in [0.05, 0.1) is 6.61 Å². The molecule has 0 amide bonds. The van der Waals surface area contributed by atoms with E-state index in [1.807, 2.05) is 0 Å². The summed E-state index contributed by atoms with van der Waals surface area (Å²) in [5.74, 6) is 1.29. The Bertz CT molecular complexity index is 269. The molecule has 4 heteroatoms. The Balaban J connectivity index is 1.69. The number of aliphatic hydroxyl groups excluding tert-OH is 1. The Morgan fingerprint density at radius 1 is 1.32 bits per heavy atom. The van der Waals surface area contributed by atoms with Crippen LogP contribution in [0.4, 0.5) is 0 Å². The summed E-state index contributed by atoms with van der Waals surface area (Å²) in [5, 5.41) is 9.47. The van der Waals surface area contributed by atoms with Gasteiger partial charge in [0.1, 0.15) is 0 Å². The molecule has 2 atom stereocenters. The van der Waals surface area contributed by atoms with Crippen molar-refractivity contribution in [1.82, 2.24) is 4.90 Å². The molecule has 2 unspecified atom stereocenters. The molecule has 1 saturated carbocycles. The average Bonchev–Trinajstić information content (AvgIpc) is 2.80. The minimum atomic E-state index is -0.306. The Hall–Kier alpha value is -0.160. The van der Waals surface area contributed by atoms with Gasteiger partial charge in [0.15, 0.2) is 0 Å². The first kappa shape index (κ1) is 15.2. The van der Waals surface area contributed by atoms with Crippen molar-refractivity contribution in [3.8, 4) is 0 Å². The summed E-state index contributed by atoms with van der Waals surface area (Å²) < 4.78 is 5.40. The Labute approximate surface area is 117 Å². The largest absolute Gasteiger partial charge is 0.394 e. The predicted molar refractivity (Wildman–Crippen MR) is 77.0 cm³/mol. The number of ether oxygens (including phenoxy) is 1. The molecule has 1 heterocycles. The first-order chi connectivity index (χ1) is 9.14. The summed E-state index contributed by atoms with van der Waals surface area (Å²) in [6.45, 7) is 4.27. The molecule has 0 spiro atoms. The highest BCUT2D eigenvalue weighted by atomic mass is 16.5. The highest BCUT2D eigenvalue weighted by molar-refractivity contribution is 4.96. The quantitative estimate of drug-likeness (QED) is 0.762.